The Morgan fingerprint density at radius 3 is 2.29 bits per heavy atom. The molecule has 122 valence electrons. The van der Waals surface area contributed by atoms with Crippen molar-refractivity contribution in [3.63, 3.8) is 0 Å². The van der Waals surface area contributed by atoms with Crippen molar-refractivity contribution in [2.45, 2.75) is 31.8 Å². The van der Waals surface area contributed by atoms with E-state index >= 15 is 0 Å². The first kappa shape index (κ1) is 17.0. The molecule has 0 radical (unpaired) electrons. The topological polar surface area (TPSA) is 47.0 Å². The third kappa shape index (κ3) is 5.74. The Bertz CT molecular complexity index is 316. The minimum absolute atomic E-state index is 0.273. The molecule has 1 N–H and O–H groups in total. The lowest BCUT2D eigenvalue weighted by molar-refractivity contribution is -0.133. The Labute approximate surface area is 132 Å². The molecule has 2 heterocycles. The summed E-state index contributed by atoms with van der Waals surface area (Å²) in [6.45, 7) is 7.03. The van der Waals surface area contributed by atoms with Crippen LogP contribution in [-0.2, 0) is 4.79 Å². The van der Waals surface area contributed by atoms with Gasteiger partial charge in [0.25, 0.3) is 0 Å². The number of likely N-dealkylation sites (tertiary alicyclic amines) is 1. The Kier molecular flexibility index (Phi) is 7.23. The Balaban J connectivity index is 1.63. The monoisotopic (exact) mass is 317 g/mol. The van der Waals surface area contributed by atoms with Crippen molar-refractivity contribution < 1.29 is 9.90 Å². The van der Waals surface area contributed by atoms with E-state index in [1.807, 2.05) is 4.90 Å². The highest BCUT2D eigenvalue weighted by molar-refractivity contribution is 6.18. The normalized spacial score (nSPS) is 23.2. The van der Waals surface area contributed by atoms with Crippen molar-refractivity contribution in [3.8, 4) is 0 Å². The first-order chi connectivity index (χ1) is 10.2. The number of nitrogens with zero attached hydrogens (tertiary/aromatic N) is 3. The molecule has 0 aliphatic carbocycles. The van der Waals surface area contributed by atoms with E-state index in [0.717, 1.165) is 45.8 Å². The lowest BCUT2D eigenvalue weighted by atomic mass is 10.1. The average molecular weight is 318 g/mol. The molecule has 0 saturated carbocycles. The van der Waals surface area contributed by atoms with Gasteiger partial charge in [0, 0.05) is 51.6 Å². The fraction of sp³-hybridized carbons (Fsp3) is 0.933. The van der Waals surface area contributed by atoms with E-state index in [1.165, 1.54) is 19.3 Å². The number of hydrogen-bond acceptors (Lipinski definition) is 4. The maximum atomic E-state index is 12.2. The molecule has 0 aromatic heterocycles. The maximum Gasteiger partial charge on any atom is 0.223 e. The number of amides is 1. The Morgan fingerprint density at radius 2 is 1.67 bits per heavy atom. The number of aliphatic hydroxyl groups excluding tert-OH is 1. The van der Waals surface area contributed by atoms with Gasteiger partial charge in [0.15, 0.2) is 0 Å². The summed E-state index contributed by atoms with van der Waals surface area (Å²) in [5.41, 5.74) is 0. The zero-order valence-corrected chi connectivity index (χ0v) is 13.6. The Morgan fingerprint density at radius 1 is 1.00 bits per heavy atom. The third-order valence-electron chi connectivity index (χ3n) is 4.46. The van der Waals surface area contributed by atoms with Crippen LogP contribution in [0.5, 0.6) is 0 Å². The van der Waals surface area contributed by atoms with Crippen LogP contribution in [0.25, 0.3) is 0 Å². The number of piperidine rings is 1. The largest absolute Gasteiger partial charge is 0.391 e. The lowest BCUT2D eigenvalue weighted by Crippen LogP contribution is -2.51. The van der Waals surface area contributed by atoms with Gasteiger partial charge in [0.05, 0.1) is 6.10 Å². The highest BCUT2D eigenvalue weighted by atomic mass is 35.5. The van der Waals surface area contributed by atoms with Gasteiger partial charge in [-0.1, -0.05) is 6.42 Å². The molecule has 2 rings (SSSR count). The zero-order valence-electron chi connectivity index (χ0n) is 12.8. The van der Waals surface area contributed by atoms with Crippen LogP contribution < -0.4 is 0 Å². The number of carbonyl (C=O) groups is 1. The first-order valence-electron chi connectivity index (χ1n) is 8.15. The van der Waals surface area contributed by atoms with Crippen molar-refractivity contribution in [3.05, 3.63) is 0 Å². The maximum absolute atomic E-state index is 12.2. The molecule has 2 saturated heterocycles. The smallest absolute Gasteiger partial charge is 0.223 e. The molecule has 2 aliphatic rings. The predicted octanol–water partition coefficient (Wildman–Crippen LogP) is 0.606. The minimum Gasteiger partial charge on any atom is -0.391 e. The molecule has 0 bridgehead atoms. The second kappa shape index (κ2) is 8.93. The van der Waals surface area contributed by atoms with E-state index < -0.39 is 6.10 Å². The van der Waals surface area contributed by atoms with Gasteiger partial charge in [0.2, 0.25) is 5.91 Å². The quantitative estimate of drug-likeness (QED) is 0.729. The molecule has 5 nitrogen and oxygen atoms in total. The molecule has 6 heteroatoms. The van der Waals surface area contributed by atoms with Crippen molar-refractivity contribution >= 4 is 17.5 Å². The van der Waals surface area contributed by atoms with Gasteiger partial charge in [-0.3, -0.25) is 9.69 Å². The van der Waals surface area contributed by atoms with Gasteiger partial charge in [-0.15, -0.1) is 11.6 Å². The number of carbonyl (C=O) groups excluding carboxylic acids is 1. The van der Waals surface area contributed by atoms with Gasteiger partial charge in [-0.2, -0.15) is 0 Å². The predicted molar refractivity (Wildman–Crippen MR) is 84.7 cm³/mol. The van der Waals surface area contributed by atoms with Crippen LogP contribution in [0.1, 0.15) is 25.7 Å². The minimum atomic E-state index is -0.465. The lowest BCUT2D eigenvalue weighted by Gasteiger charge is -2.36. The van der Waals surface area contributed by atoms with E-state index in [-0.39, 0.29) is 11.8 Å². The van der Waals surface area contributed by atoms with Gasteiger partial charge >= 0.3 is 0 Å². The van der Waals surface area contributed by atoms with Crippen molar-refractivity contribution in [1.29, 1.82) is 0 Å². The number of piperazine rings is 1. The summed E-state index contributed by atoms with van der Waals surface area (Å²) in [4.78, 5) is 18.8. The number of aliphatic hydroxyl groups is 1. The molecule has 1 atom stereocenters. The SMILES string of the molecule is O=C(CCN1CCCCC1)N1CCN(CC(O)CCl)CC1. The first-order valence-corrected chi connectivity index (χ1v) is 8.69. The van der Waals surface area contributed by atoms with Crippen LogP contribution >= 0.6 is 11.6 Å². The Hall–Kier alpha value is -0.360. The van der Waals surface area contributed by atoms with E-state index in [1.54, 1.807) is 0 Å². The van der Waals surface area contributed by atoms with Crippen molar-refractivity contribution in [2.75, 3.05) is 58.2 Å². The third-order valence-corrected chi connectivity index (χ3v) is 4.82. The number of β-amino-alcohol motifs (C(OH)–C–C–N with tert-alkyl or cyclic N) is 1. The highest BCUT2D eigenvalue weighted by Gasteiger charge is 2.22. The van der Waals surface area contributed by atoms with E-state index in [2.05, 4.69) is 9.80 Å². The molecular weight excluding hydrogens is 290 g/mol. The second-order valence-electron chi connectivity index (χ2n) is 6.14. The van der Waals surface area contributed by atoms with Gasteiger partial charge in [-0.25, -0.2) is 0 Å². The molecule has 1 amide bonds. The standard InChI is InChI=1S/C15H28ClN3O2/c16-12-14(20)13-18-8-10-19(11-9-18)15(21)4-7-17-5-2-1-3-6-17/h14,20H,1-13H2. The summed E-state index contributed by atoms with van der Waals surface area (Å²) in [6.07, 6.45) is 4.06. The van der Waals surface area contributed by atoms with Crippen LogP contribution in [0, 0.1) is 0 Å². The second-order valence-corrected chi connectivity index (χ2v) is 6.45. The zero-order chi connectivity index (χ0) is 15.1. The number of halogens is 1. The fourth-order valence-electron chi connectivity index (χ4n) is 3.12. The summed E-state index contributed by atoms with van der Waals surface area (Å²) in [5, 5.41) is 9.55. The number of alkyl halides is 1. The van der Waals surface area contributed by atoms with Crippen molar-refractivity contribution in [2.24, 2.45) is 0 Å². The summed E-state index contributed by atoms with van der Waals surface area (Å²) >= 11 is 5.62. The molecule has 2 aliphatic heterocycles. The molecule has 1 unspecified atom stereocenters. The van der Waals surface area contributed by atoms with Crippen LogP contribution in [0.3, 0.4) is 0 Å². The molecule has 2 fully saturated rings. The molecular formula is C15H28ClN3O2. The van der Waals surface area contributed by atoms with E-state index in [9.17, 15) is 9.90 Å². The van der Waals surface area contributed by atoms with Crippen molar-refractivity contribution in [1.82, 2.24) is 14.7 Å². The van der Waals surface area contributed by atoms with Gasteiger partial charge in [-0.05, 0) is 25.9 Å². The molecule has 0 spiro atoms. The summed E-state index contributed by atoms with van der Waals surface area (Å²) in [5.74, 6) is 0.549. The van der Waals surface area contributed by atoms with Gasteiger partial charge in [0.1, 0.15) is 0 Å². The number of rotatable bonds is 6. The average Bonchev–Trinajstić information content (AvgIpc) is 2.54. The summed E-state index contributed by atoms with van der Waals surface area (Å²) < 4.78 is 0. The van der Waals surface area contributed by atoms with Crippen LogP contribution in [0.4, 0.5) is 0 Å². The van der Waals surface area contributed by atoms with Gasteiger partial charge < -0.3 is 14.9 Å². The van der Waals surface area contributed by atoms with E-state index in [0.29, 0.717) is 13.0 Å². The molecule has 21 heavy (non-hydrogen) atoms. The summed E-state index contributed by atoms with van der Waals surface area (Å²) in [6, 6.07) is 0. The van der Waals surface area contributed by atoms with Crippen LogP contribution in [0.15, 0.2) is 0 Å². The summed E-state index contributed by atoms with van der Waals surface area (Å²) in [7, 11) is 0. The molecule has 0 aromatic rings. The van der Waals surface area contributed by atoms with Crippen LogP contribution in [-0.4, -0.2) is 90.1 Å². The van der Waals surface area contributed by atoms with Crippen LogP contribution in [0.2, 0.25) is 0 Å². The number of hydrogen-bond donors (Lipinski definition) is 1. The molecule has 0 aromatic carbocycles. The van der Waals surface area contributed by atoms with E-state index in [4.69, 9.17) is 11.6 Å². The highest BCUT2D eigenvalue weighted by Crippen LogP contribution is 2.10. The fourth-order valence-corrected chi connectivity index (χ4v) is 3.22.